The molecule has 3 aromatic carbocycles. The molecule has 0 saturated carbocycles. The molecule has 256 valence electrons. The van der Waals surface area contributed by atoms with E-state index in [1.807, 2.05) is 49.4 Å². The number of fused-ring (bicyclic) bond motifs is 1. The van der Waals surface area contributed by atoms with Gasteiger partial charge in [-0.15, -0.1) is 0 Å². The largest absolute Gasteiger partial charge is 0.490 e. The fourth-order valence-electron chi connectivity index (χ4n) is 5.12. The van der Waals surface area contributed by atoms with Gasteiger partial charge in [0.05, 0.1) is 49.3 Å². The molecule has 0 N–H and O–H groups in total. The van der Waals surface area contributed by atoms with Crippen molar-refractivity contribution in [2.75, 3.05) is 26.9 Å². The van der Waals surface area contributed by atoms with E-state index >= 15 is 0 Å². The number of ether oxygens (including phenoxy) is 5. The third-order valence-electron chi connectivity index (χ3n) is 7.26. The molecule has 1 aliphatic rings. The average molecular weight is 929 g/mol. The zero-order valence-corrected chi connectivity index (χ0v) is 32.8. The minimum absolute atomic E-state index is 0.146. The predicted molar refractivity (Wildman–Crippen MR) is 203 cm³/mol. The molecule has 0 fully saturated rings. The van der Waals surface area contributed by atoms with E-state index in [1.165, 1.54) is 23.0 Å². The number of carbonyl (C=O) groups excluding carboxylic acids is 2. The van der Waals surface area contributed by atoms with Gasteiger partial charge in [0.25, 0.3) is 5.56 Å². The molecule has 0 saturated heterocycles. The lowest BCUT2D eigenvalue weighted by atomic mass is 9.95. The number of carbonyl (C=O) groups is 2. The Bertz CT molecular complexity index is 2110. The molecule has 0 amide bonds. The highest BCUT2D eigenvalue weighted by atomic mass is 127. The van der Waals surface area contributed by atoms with Crippen LogP contribution in [0.2, 0.25) is 5.02 Å². The summed E-state index contributed by atoms with van der Waals surface area (Å²) in [7, 11) is 1.27. The molecule has 14 heteroatoms. The monoisotopic (exact) mass is 928 g/mol. The van der Waals surface area contributed by atoms with Crippen LogP contribution >= 0.6 is 68.1 Å². The summed E-state index contributed by atoms with van der Waals surface area (Å²) in [5, 5.41) is 0.644. The smallest absolute Gasteiger partial charge is 0.343 e. The van der Waals surface area contributed by atoms with Crippen molar-refractivity contribution >= 4 is 86.1 Å². The van der Waals surface area contributed by atoms with Gasteiger partial charge in [-0.25, -0.2) is 14.6 Å². The molecule has 0 spiro atoms. The van der Waals surface area contributed by atoms with E-state index in [-0.39, 0.29) is 24.3 Å². The van der Waals surface area contributed by atoms with Crippen LogP contribution in [0.4, 0.5) is 0 Å². The van der Waals surface area contributed by atoms with Crippen molar-refractivity contribution in [2.45, 2.75) is 33.4 Å². The van der Waals surface area contributed by atoms with Gasteiger partial charge in [0, 0.05) is 5.02 Å². The number of hydrogen-bond donors (Lipinski definition) is 0. The summed E-state index contributed by atoms with van der Waals surface area (Å²) >= 11 is 11.8. The molecule has 0 aliphatic carbocycles. The molecule has 49 heavy (non-hydrogen) atoms. The maximum atomic E-state index is 14.2. The number of rotatable bonds is 12. The molecule has 1 atom stereocenters. The Morgan fingerprint density at radius 2 is 1.76 bits per heavy atom. The van der Waals surface area contributed by atoms with E-state index < -0.39 is 18.0 Å². The Kier molecular flexibility index (Phi) is 12.4. The summed E-state index contributed by atoms with van der Waals surface area (Å²) in [6.07, 6.45) is 1.81. The highest BCUT2D eigenvalue weighted by molar-refractivity contribution is 14.1. The van der Waals surface area contributed by atoms with E-state index in [9.17, 15) is 14.4 Å². The molecule has 0 radical (unpaired) electrons. The van der Waals surface area contributed by atoms with Crippen LogP contribution in [0.5, 0.6) is 17.2 Å². The first-order valence-corrected chi connectivity index (χ1v) is 18.4. The van der Waals surface area contributed by atoms with E-state index in [4.69, 9.17) is 30.5 Å². The van der Waals surface area contributed by atoms with Gasteiger partial charge < -0.3 is 23.7 Å². The lowest BCUT2D eigenvalue weighted by molar-refractivity contribution is -0.143. The minimum atomic E-state index is -0.867. The standard InChI is InChI=1S/C35H31ClI2N2O8S/c1-5-45-27-16-22(10-11-26(27)47-18-29(41)44-4)31-30(34(43)46-6-2)19(3)39-35-40(31)33(42)28(49-35)15-21-13-24(37)32(25(38)14-21)48-17-20-8-7-9-23(36)12-20/h7-16,31H,5-6,17-18H2,1-4H3/b28-15+/t31-/m1/s1. The number of methoxy groups -OCH3 is 1. The normalized spacial score (nSPS) is 14.2. The second-order valence-corrected chi connectivity index (χ2v) is 14.3. The molecular formula is C35H31ClI2N2O8S. The number of allylic oxidation sites excluding steroid dienone is 1. The van der Waals surface area contributed by atoms with Crippen LogP contribution in [0.15, 0.2) is 75.7 Å². The van der Waals surface area contributed by atoms with Crippen molar-refractivity contribution < 1.29 is 33.3 Å². The molecule has 0 unspecified atom stereocenters. The summed E-state index contributed by atoms with van der Waals surface area (Å²) in [5.41, 5.74) is 2.68. The number of benzene rings is 3. The first-order valence-electron chi connectivity index (χ1n) is 15.1. The minimum Gasteiger partial charge on any atom is -0.490 e. The Morgan fingerprint density at radius 1 is 1.00 bits per heavy atom. The van der Waals surface area contributed by atoms with Gasteiger partial charge in [-0.05, 0) is 125 Å². The first-order chi connectivity index (χ1) is 23.5. The Labute approximate surface area is 318 Å². The Morgan fingerprint density at radius 3 is 2.43 bits per heavy atom. The molecular weight excluding hydrogens is 898 g/mol. The van der Waals surface area contributed by atoms with Crippen molar-refractivity contribution in [1.82, 2.24) is 4.57 Å². The van der Waals surface area contributed by atoms with Gasteiger partial charge in [0.2, 0.25) is 0 Å². The zero-order chi connectivity index (χ0) is 35.2. The fourth-order valence-corrected chi connectivity index (χ4v) is 8.51. The van der Waals surface area contributed by atoms with Crippen LogP contribution in [-0.4, -0.2) is 43.4 Å². The highest BCUT2D eigenvalue weighted by Gasteiger charge is 2.34. The number of aromatic nitrogens is 1. The number of hydrogen-bond acceptors (Lipinski definition) is 10. The van der Waals surface area contributed by atoms with Crippen molar-refractivity contribution in [3.8, 4) is 17.2 Å². The number of thiazole rings is 1. The van der Waals surface area contributed by atoms with Crippen LogP contribution in [0.25, 0.3) is 6.08 Å². The Balaban J connectivity index is 1.57. The third-order valence-corrected chi connectivity index (χ3v) is 10.1. The van der Waals surface area contributed by atoms with Gasteiger partial charge in [-0.3, -0.25) is 9.36 Å². The lowest BCUT2D eigenvalue weighted by Gasteiger charge is -2.25. The lowest BCUT2D eigenvalue weighted by Crippen LogP contribution is -2.40. The van der Waals surface area contributed by atoms with Crippen molar-refractivity contribution in [3.05, 3.63) is 114 Å². The van der Waals surface area contributed by atoms with Crippen LogP contribution in [-0.2, 0) is 25.7 Å². The van der Waals surface area contributed by atoms with Gasteiger partial charge >= 0.3 is 11.9 Å². The fraction of sp³-hybridized carbons (Fsp3) is 0.257. The second-order valence-electron chi connectivity index (χ2n) is 10.5. The van der Waals surface area contributed by atoms with E-state index in [1.54, 1.807) is 32.0 Å². The third kappa shape index (κ3) is 8.49. The molecule has 5 rings (SSSR count). The van der Waals surface area contributed by atoms with E-state index in [0.29, 0.717) is 50.3 Å². The summed E-state index contributed by atoms with van der Waals surface area (Å²) in [6, 6.07) is 15.6. The van der Waals surface area contributed by atoms with Gasteiger partial charge in [0.15, 0.2) is 22.9 Å². The van der Waals surface area contributed by atoms with Gasteiger partial charge in [-0.2, -0.15) is 0 Å². The number of nitrogens with zero attached hydrogens (tertiary/aromatic N) is 2. The number of halogens is 3. The summed E-state index contributed by atoms with van der Waals surface area (Å²) in [5.74, 6) is 0.255. The maximum absolute atomic E-state index is 14.2. The number of esters is 2. The maximum Gasteiger partial charge on any atom is 0.343 e. The van der Waals surface area contributed by atoms with Gasteiger partial charge in [-0.1, -0.05) is 41.1 Å². The van der Waals surface area contributed by atoms with Crippen LogP contribution in [0.3, 0.4) is 0 Å². The predicted octanol–water partition coefficient (Wildman–Crippen LogP) is 6.19. The van der Waals surface area contributed by atoms with Gasteiger partial charge in [0.1, 0.15) is 12.4 Å². The molecule has 0 bridgehead atoms. The van der Waals surface area contributed by atoms with Crippen molar-refractivity contribution in [1.29, 1.82) is 0 Å². The van der Waals surface area contributed by atoms with Crippen molar-refractivity contribution in [2.24, 2.45) is 4.99 Å². The summed E-state index contributed by atoms with van der Waals surface area (Å²) in [4.78, 5) is 44.4. The topological polar surface area (TPSA) is 115 Å². The molecule has 4 aromatic rings. The zero-order valence-electron chi connectivity index (χ0n) is 26.9. The quantitative estimate of drug-likeness (QED) is 0.122. The molecule has 10 nitrogen and oxygen atoms in total. The molecule has 1 aromatic heterocycles. The van der Waals surface area contributed by atoms with E-state index in [0.717, 1.165) is 24.0 Å². The molecule has 2 heterocycles. The summed E-state index contributed by atoms with van der Waals surface area (Å²) < 4.78 is 31.4. The summed E-state index contributed by atoms with van der Waals surface area (Å²) in [6.45, 7) is 5.75. The van der Waals surface area contributed by atoms with Crippen LogP contribution in [0.1, 0.15) is 43.5 Å². The van der Waals surface area contributed by atoms with E-state index in [2.05, 4.69) is 54.9 Å². The SMILES string of the molecule is CCOC(=O)C1=C(C)N=c2s/c(=C/c3cc(I)c(OCc4cccc(Cl)c4)c(I)c3)c(=O)n2[C@@H]1c1ccc(OCC(=O)OC)c(OCC)c1. The highest BCUT2D eigenvalue weighted by Crippen LogP contribution is 2.37. The van der Waals surface area contributed by atoms with Crippen molar-refractivity contribution in [3.63, 3.8) is 0 Å². The average Bonchev–Trinajstić information content (AvgIpc) is 3.36. The Hall–Kier alpha value is -3.41. The molecule has 1 aliphatic heterocycles. The van der Waals surface area contributed by atoms with Crippen LogP contribution < -0.4 is 29.1 Å². The second kappa shape index (κ2) is 16.5. The first kappa shape index (κ1) is 36.9. The van der Waals surface area contributed by atoms with Crippen LogP contribution in [0, 0.1) is 7.14 Å².